The summed E-state index contributed by atoms with van der Waals surface area (Å²) in [4.78, 5) is 0. The van der Waals surface area contributed by atoms with Gasteiger partial charge in [-0.2, -0.15) is 23.0 Å². The third-order valence-electron chi connectivity index (χ3n) is 1.99. The predicted molar refractivity (Wildman–Crippen MR) is 109 cm³/mol. The van der Waals surface area contributed by atoms with Crippen LogP contribution in [0.3, 0.4) is 0 Å². The van der Waals surface area contributed by atoms with E-state index >= 15 is 0 Å². The molecule has 0 spiro atoms. The summed E-state index contributed by atoms with van der Waals surface area (Å²) in [5.41, 5.74) is 0. The Bertz CT molecular complexity index is 74.3. The van der Waals surface area contributed by atoms with Crippen molar-refractivity contribution in [2.24, 2.45) is 0 Å². The van der Waals surface area contributed by atoms with E-state index in [9.17, 15) is 0 Å². The molecule has 0 radical (unpaired) electrons. The van der Waals surface area contributed by atoms with E-state index in [0.29, 0.717) is 0 Å². The third kappa shape index (κ3) is 84.7. The van der Waals surface area contributed by atoms with Gasteiger partial charge in [-0.25, -0.2) is 0 Å². The van der Waals surface area contributed by atoms with Crippen LogP contribution in [0.15, 0.2) is 0 Å². The molecule has 0 aliphatic rings. The van der Waals surface area contributed by atoms with Gasteiger partial charge in [0.1, 0.15) is 0 Å². The molecule has 0 aliphatic carbocycles. The minimum absolute atomic E-state index is 0. The molecule has 0 unspecified atom stereocenters. The monoisotopic (exact) mass is 496 g/mol. The van der Waals surface area contributed by atoms with Crippen LogP contribution in [0.2, 0.25) is 0 Å². The zero-order chi connectivity index (χ0) is 16.5. The second-order valence-corrected chi connectivity index (χ2v) is 5.86. The molecule has 0 aromatic rings. The Kier molecular flexibility index (Phi) is 82.4. The van der Waals surface area contributed by atoms with Crippen molar-refractivity contribution in [3.63, 3.8) is 0 Å². The van der Waals surface area contributed by atoms with E-state index in [1.165, 1.54) is 51.4 Å². The fraction of sp³-hybridized carbons (Fsp3) is 1.00. The minimum atomic E-state index is 0. The Morgan fingerprint density at radius 3 is 0.571 bits per heavy atom. The molecule has 0 saturated heterocycles. The Morgan fingerprint density at radius 1 is 0.429 bits per heavy atom. The topological polar surface area (TPSA) is 0 Å². The van der Waals surface area contributed by atoms with Crippen molar-refractivity contribution in [1.29, 1.82) is 0 Å². The van der Waals surface area contributed by atoms with Crippen LogP contribution in [0, 0.1) is 41.7 Å². The molecule has 0 rings (SSSR count). The summed E-state index contributed by atoms with van der Waals surface area (Å²) < 4.78 is 0. The van der Waals surface area contributed by atoms with Crippen molar-refractivity contribution in [2.75, 3.05) is 23.0 Å². The van der Waals surface area contributed by atoms with Crippen LogP contribution < -0.4 is 0 Å². The van der Waals surface area contributed by atoms with E-state index in [4.69, 9.17) is 0 Å². The number of rotatable bonds is 8. The molecule has 0 aromatic heterocycles. The van der Waals surface area contributed by atoms with Gasteiger partial charge in [0.05, 0.1) is 0 Å². The fourth-order valence-electron chi connectivity index (χ4n) is 0.577. The van der Waals surface area contributed by atoms with E-state index in [1.807, 2.05) is 0 Å². The van der Waals surface area contributed by atoms with Gasteiger partial charge in [-0.1, -0.05) is 79.1 Å². The van der Waals surface area contributed by atoms with Gasteiger partial charge in [-0.15, -0.1) is 0 Å². The largest absolute Gasteiger partial charge is 4.00 e. The van der Waals surface area contributed by atoms with Crippen LogP contribution >= 0.6 is 0 Å². The average molecular weight is 497 g/mol. The molecular weight excluding hydrogens is 461 g/mol. The molecule has 21 heavy (non-hydrogen) atoms. The first-order valence-electron chi connectivity index (χ1n) is 7.98. The summed E-state index contributed by atoms with van der Waals surface area (Å²) in [6.45, 7) is 8.58. The third-order valence-corrected chi connectivity index (χ3v) is 3.15. The first kappa shape index (κ1) is 35.0. The van der Waals surface area contributed by atoms with Crippen LogP contribution in [0.25, 0.3) is 0 Å². The summed E-state index contributed by atoms with van der Waals surface area (Å²) in [5.74, 6) is 3.71. The zero-order valence-electron chi connectivity index (χ0n) is 14.6. The van der Waals surface area contributed by atoms with Crippen molar-refractivity contribution in [3.8, 4) is 0 Å². The summed E-state index contributed by atoms with van der Waals surface area (Å²) in [6, 6.07) is 0. The molecule has 0 aromatic carbocycles. The van der Waals surface area contributed by atoms with Crippen molar-refractivity contribution in [2.45, 2.75) is 79.1 Å². The van der Waals surface area contributed by atoms with Gasteiger partial charge in [0.2, 0.25) is 0 Å². The van der Waals surface area contributed by atoms with Crippen molar-refractivity contribution < 1.29 is 41.7 Å². The second kappa shape index (κ2) is 49.5. The van der Waals surface area contributed by atoms with Gasteiger partial charge in [0, 0.05) is 0 Å². The molecule has 0 heterocycles. The molecule has 0 N–H and O–H groups in total. The van der Waals surface area contributed by atoms with Gasteiger partial charge >= 0.3 is 41.7 Å². The van der Waals surface area contributed by atoms with E-state index in [-0.39, 0.29) is 41.7 Å². The Balaban J connectivity index is -0.0000000533. The molecule has 128 valence electrons. The van der Waals surface area contributed by atoms with E-state index in [1.54, 1.807) is 0 Å². The number of hydrogen-bond acceptors (Lipinski definition) is 4. The van der Waals surface area contributed by atoms with E-state index in [2.05, 4.69) is 78.2 Å². The zero-order valence-corrected chi connectivity index (χ0v) is 21.0. The molecular formula is C16H36CeS4. The second-order valence-electron chi connectivity index (χ2n) is 4.23. The molecule has 0 aliphatic heterocycles. The SMILES string of the molecule is CCCC[S-].CCCC[S-].CCCC[S-].CCCC[S-].[Ce+4]. The number of unbranched alkanes of at least 4 members (excludes halogenated alkanes) is 4. The first-order valence-corrected chi connectivity index (χ1v) is 10.3. The first-order chi connectivity index (χ1) is 9.66. The number of hydrogen-bond donors (Lipinski definition) is 0. The predicted octanol–water partition coefficient (Wildman–Crippen LogP) is 5.33. The maximum absolute atomic E-state index is 4.65. The van der Waals surface area contributed by atoms with Crippen molar-refractivity contribution in [1.82, 2.24) is 0 Å². The van der Waals surface area contributed by atoms with Gasteiger partial charge in [0.25, 0.3) is 0 Å². The van der Waals surface area contributed by atoms with Gasteiger partial charge in [-0.3, -0.25) is 0 Å². The summed E-state index contributed by atoms with van der Waals surface area (Å²) in [5, 5.41) is 0. The Morgan fingerprint density at radius 2 is 0.571 bits per heavy atom. The van der Waals surface area contributed by atoms with Crippen LogP contribution in [0.1, 0.15) is 79.1 Å². The van der Waals surface area contributed by atoms with Gasteiger partial charge in [-0.05, 0) is 0 Å². The fourth-order valence-corrected chi connectivity index (χ4v) is 1.73. The summed E-state index contributed by atoms with van der Waals surface area (Å²) in [7, 11) is 0. The quantitative estimate of drug-likeness (QED) is 0.416. The Hall–Kier alpha value is 2.78. The maximum atomic E-state index is 4.65. The van der Waals surface area contributed by atoms with Crippen LogP contribution in [0.5, 0.6) is 0 Å². The molecule has 0 atom stereocenters. The van der Waals surface area contributed by atoms with Crippen molar-refractivity contribution in [3.05, 3.63) is 0 Å². The van der Waals surface area contributed by atoms with Crippen LogP contribution in [-0.2, 0) is 50.5 Å². The molecule has 0 bridgehead atoms. The van der Waals surface area contributed by atoms with E-state index < -0.39 is 0 Å². The summed E-state index contributed by atoms with van der Waals surface area (Å²) in [6.07, 6.45) is 9.77. The standard InChI is InChI=1S/4C4H10S.Ce/c4*1-2-3-4-5;/h4*5H,2-4H2,1H3;/q;;;;+4/p-4. The molecule has 0 nitrogen and oxygen atoms in total. The van der Waals surface area contributed by atoms with Crippen LogP contribution in [-0.4, -0.2) is 23.0 Å². The van der Waals surface area contributed by atoms with E-state index in [0.717, 1.165) is 23.0 Å². The Labute approximate surface area is 192 Å². The van der Waals surface area contributed by atoms with Gasteiger partial charge in [0.15, 0.2) is 0 Å². The molecule has 0 amide bonds. The maximum Gasteiger partial charge on any atom is 4.00 e. The smallest absolute Gasteiger partial charge is 0.793 e. The molecule has 5 heteroatoms. The molecule has 0 fully saturated rings. The summed E-state index contributed by atoms with van der Waals surface area (Å²) >= 11 is 18.6. The molecule has 0 saturated carbocycles. The van der Waals surface area contributed by atoms with Crippen molar-refractivity contribution >= 4 is 50.5 Å². The van der Waals surface area contributed by atoms with Crippen LogP contribution in [0.4, 0.5) is 0 Å². The normalized spacial score (nSPS) is 8.00. The minimum Gasteiger partial charge on any atom is -0.793 e. The van der Waals surface area contributed by atoms with Gasteiger partial charge < -0.3 is 50.5 Å². The average Bonchev–Trinajstić information content (AvgIpc) is 2.44.